The summed E-state index contributed by atoms with van der Waals surface area (Å²) in [5.41, 5.74) is 1.43. The topological polar surface area (TPSA) is 94.3 Å². The molecule has 0 spiro atoms. The van der Waals surface area contributed by atoms with Gasteiger partial charge in [-0.25, -0.2) is 14.4 Å². The highest BCUT2D eigenvalue weighted by atomic mass is 19.1. The van der Waals surface area contributed by atoms with Crippen LogP contribution in [0.2, 0.25) is 0 Å². The van der Waals surface area contributed by atoms with Gasteiger partial charge in [0.2, 0.25) is 5.95 Å². The van der Waals surface area contributed by atoms with Gasteiger partial charge >= 0.3 is 0 Å². The zero-order chi connectivity index (χ0) is 19.5. The highest BCUT2D eigenvalue weighted by molar-refractivity contribution is 5.57. The Morgan fingerprint density at radius 2 is 1.93 bits per heavy atom. The van der Waals surface area contributed by atoms with E-state index in [9.17, 15) is 9.50 Å². The summed E-state index contributed by atoms with van der Waals surface area (Å²) in [5.74, 6) is 0.822. The molecule has 0 aliphatic carbocycles. The van der Waals surface area contributed by atoms with Crippen molar-refractivity contribution in [3.05, 3.63) is 66.2 Å². The lowest BCUT2D eigenvalue weighted by molar-refractivity contribution is 0.142. The van der Waals surface area contributed by atoms with Crippen LogP contribution in [0.25, 0.3) is 0 Å². The van der Waals surface area contributed by atoms with Gasteiger partial charge in [0.15, 0.2) is 5.75 Å². The Kier molecular flexibility index (Phi) is 4.74. The Morgan fingerprint density at radius 1 is 1.14 bits per heavy atom. The molecule has 0 saturated carbocycles. The van der Waals surface area contributed by atoms with Gasteiger partial charge in [0.05, 0.1) is 24.1 Å². The summed E-state index contributed by atoms with van der Waals surface area (Å²) < 4.78 is 19.2. The van der Waals surface area contributed by atoms with Crippen LogP contribution in [0.1, 0.15) is 5.56 Å². The summed E-state index contributed by atoms with van der Waals surface area (Å²) in [6.07, 6.45) is 2.76. The zero-order valence-electron chi connectivity index (χ0n) is 14.7. The fourth-order valence-electron chi connectivity index (χ4n) is 2.80. The smallest absolute Gasteiger partial charge is 0.227 e. The van der Waals surface area contributed by atoms with E-state index in [2.05, 4.69) is 20.2 Å². The fraction of sp³-hybridized carbons (Fsp3) is 0.150. The van der Waals surface area contributed by atoms with Gasteiger partial charge in [0.25, 0.3) is 0 Å². The van der Waals surface area contributed by atoms with Gasteiger partial charge in [-0.2, -0.15) is 5.26 Å². The molecule has 0 radical (unpaired) electrons. The van der Waals surface area contributed by atoms with Crippen LogP contribution in [-0.4, -0.2) is 34.3 Å². The number of ether oxygens (including phenoxy) is 1. The number of nitrogens with one attached hydrogen (secondary N) is 1. The van der Waals surface area contributed by atoms with Crippen LogP contribution in [0.5, 0.6) is 11.5 Å². The summed E-state index contributed by atoms with van der Waals surface area (Å²) in [6.45, 7) is 1.23. The molecule has 2 N–H and O–H groups in total. The van der Waals surface area contributed by atoms with Crippen LogP contribution in [0.3, 0.4) is 0 Å². The molecule has 8 heteroatoms. The van der Waals surface area contributed by atoms with Crippen LogP contribution >= 0.6 is 0 Å². The number of nitriles is 1. The lowest BCUT2D eigenvalue weighted by atomic mass is 10.1. The molecule has 0 unspecified atom stereocenters. The molecule has 2 heterocycles. The quantitative estimate of drug-likeness (QED) is 0.705. The second-order valence-corrected chi connectivity index (χ2v) is 6.33. The maximum absolute atomic E-state index is 13.4. The largest absolute Gasteiger partial charge is 0.454 e. The molecule has 1 saturated heterocycles. The van der Waals surface area contributed by atoms with Crippen molar-refractivity contribution < 1.29 is 14.2 Å². The summed E-state index contributed by atoms with van der Waals surface area (Å²) in [6, 6.07) is 13.4. The van der Waals surface area contributed by atoms with Crippen LogP contribution < -0.4 is 15.0 Å². The average molecular weight is 377 g/mol. The van der Waals surface area contributed by atoms with Crippen molar-refractivity contribution in [2.75, 3.05) is 23.3 Å². The van der Waals surface area contributed by atoms with E-state index in [1.807, 2.05) is 24.3 Å². The molecule has 0 bridgehead atoms. The molecule has 4 rings (SSSR count). The molecule has 2 aromatic carbocycles. The SMILES string of the molecule is N#Cc1cc(Nc2ncc(Oc3cccc(N4CC(O)C4)c3)cn2)ccc1F. The molecule has 7 nitrogen and oxygen atoms in total. The summed E-state index contributed by atoms with van der Waals surface area (Å²) in [4.78, 5) is 10.4. The van der Waals surface area contributed by atoms with E-state index in [4.69, 9.17) is 10.00 Å². The predicted molar refractivity (Wildman–Crippen MR) is 101 cm³/mol. The Hall–Kier alpha value is -3.70. The minimum atomic E-state index is -0.576. The summed E-state index contributed by atoms with van der Waals surface area (Å²) in [7, 11) is 0. The third kappa shape index (κ3) is 3.84. The Labute approximate surface area is 160 Å². The number of halogens is 1. The number of aliphatic hydroxyl groups is 1. The van der Waals surface area contributed by atoms with E-state index in [-0.39, 0.29) is 11.7 Å². The normalized spacial score (nSPS) is 13.5. The van der Waals surface area contributed by atoms with Crippen molar-refractivity contribution in [2.24, 2.45) is 0 Å². The van der Waals surface area contributed by atoms with Gasteiger partial charge in [0.1, 0.15) is 17.6 Å². The minimum Gasteiger partial charge on any atom is -0.454 e. The van der Waals surface area contributed by atoms with Gasteiger partial charge in [-0.1, -0.05) is 6.07 Å². The lowest BCUT2D eigenvalue weighted by Crippen LogP contribution is -2.50. The summed E-state index contributed by atoms with van der Waals surface area (Å²) >= 11 is 0. The molecular formula is C20H16FN5O2. The van der Waals surface area contributed by atoms with E-state index in [1.165, 1.54) is 30.6 Å². The predicted octanol–water partition coefficient (Wildman–Crippen LogP) is 3.20. The third-order valence-electron chi connectivity index (χ3n) is 4.25. The zero-order valence-corrected chi connectivity index (χ0v) is 14.7. The Bertz CT molecular complexity index is 1030. The number of nitrogens with zero attached hydrogens (tertiary/aromatic N) is 4. The highest BCUT2D eigenvalue weighted by Gasteiger charge is 2.24. The van der Waals surface area contributed by atoms with Crippen molar-refractivity contribution in [2.45, 2.75) is 6.10 Å². The van der Waals surface area contributed by atoms with Crippen LogP contribution in [0.15, 0.2) is 54.9 Å². The van der Waals surface area contributed by atoms with E-state index >= 15 is 0 Å². The Morgan fingerprint density at radius 3 is 2.64 bits per heavy atom. The number of hydrogen-bond acceptors (Lipinski definition) is 7. The molecular weight excluding hydrogens is 361 g/mol. The number of rotatable bonds is 5. The van der Waals surface area contributed by atoms with Crippen LogP contribution in [0.4, 0.5) is 21.7 Å². The van der Waals surface area contributed by atoms with E-state index in [0.717, 1.165) is 5.69 Å². The van der Waals surface area contributed by atoms with E-state index in [0.29, 0.717) is 36.2 Å². The molecule has 1 aromatic heterocycles. The first-order chi connectivity index (χ1) is 13.6. The highest BCUT2D eigenvalue weighted by Crippen LogP contribution is 2.28. The molecule has 0 atom stereocenters. The number of β-amino-alcohol motifs (C(OH)–C–C–N with tert-alkyl or cyclic N) is 1. The number of benzene rings is 2. The van der Waals surface area contributed by atoms with Crippen molar-refractivity contribution in [1.29, 1.82) is 5.26 Å². The van der Waals surface area contributed by atoms with Gasteiger partial charge < -0.3 is 20.1 Å². The van der Waals surface area contributed by atoms with E-state index < -0.39 is 5.82 Å². The van der Waals surface area contributed by atoms with Gasteiger partial charge in [-0.05, 0) is 30.3 Å². The standard InChI is InChI=1S/C20H16FN5O2/c21-19-5-4-14(6-13(19)8-22)25-20-23-9-18(10-24-20)28-17-3-1-2-15(7-17)26-11-16(27)12-26/h1-7,9-10,16,27H,11-12H2,(H,23,24,25). The maximum atomic E-state index is 13.4. The van der Waals surface area contributed by atoms with Crippen LogP contribution in [0, 0.1) is 17.1 Å². The molecule has 140 valence electrons. The number of anilines is 3. The Balaban J connectivity index is 1.42. The number of hydrogen-bond donors (Lipinski definition) is 2. The molecule has 1 aliphatic rings. The van der Waals surface area contributed by atoms with Crippen molar-refractivity contribution in [1.82, 2.24) is 9.97 Å². The maximum Gasteiger partial charge on any atom is 0.227 e. The van der Waals surface area contributed by atoms with Gasteiger partial charge in [0, 0.05) is 30.5 Å². The van der Waals surface area contributed by atoms with Crippen molar-refractivity contribution in [3.8, 4) is 17.6 Å². The fourth-order valence-corrected chi connectivity index (χ4v) is 2.80. The lowest BCUT2D eigenvalue weighted by Gasteiger charge is -2.37. The second kappa shape index (κ2) is 7.50. The van der Waals surface area contributed by atoms with E-state index in [1.54, 1.807) is 6.07 Å². The molecule has 3 aromatic rings. The third-order valence-corrected chi connectivity index (χ3v) is 4.25. The first kappa shape index (κ1) is 17.7. The number of aliphatic hydroxyl groups excluding tert-OH is 1. The molecule has 1 aliphatic heterocycles. The summed E-state index contributed by atoms with van der Waals surface area (Å²) in [5, 5.41) is 21.2. The van der Waals surface area contributed by atoms with Gasteiger partial charge in [-0.3, -0.25) is 0 Å². The number of aromatic nitrogens is 2. The first-order valence-corrected chi connectivity index (χ1v) is 8.60. The molecule has 0 amide bonds. The molecule has 1 fully saturated rings. The average Bonchev–Trinajstić information content (AvgIpc) is 2.69. The molecule has 28 heavy (non-hydrogen) atoms. The first-order valence-electron chi connectivity index (χ1n) is 8.60. The van der Waals surface area contributed by atoms with Gasteiger partial charge in [-0.15, -0.1) is 0 Å². The van der Waals surface area contributed by atoms with Crippen molar-refractivity contribution >= 4 is 17.3 Å². The monoisotopic (exact) mass is 377 g/mol. The van der Waals surface area contributed by atoms with Crippen LogP contribution in [-0.2, 0) is 0 Å². The minimum absolute atomic E-state index is 0.0560. The second-order valence-electron chi connectivity index (χ2n) is 6.33. The van der Waals surface area contributed by atoms with Crippen molar-refractivity contribution in [3.63, 3.8) is 0 Å².